The number of nitrogens with two attached hydrogens (primary N) is 1. The van der Waals surface area contributed by atoms with Crippen molar-refractivity contribution in [2.24, 2.45) is 5.16 Å². The third kappa shape index (κ3) is 6.63. The molecule has 3 heterocycles. The van der Waals surface area contributed by atoms with Crippen molar-refractivity contribution in [3.05, 3.63) is 22.3 Å². The van der Waals surface area contributed by atoms with Crippen LogP contribution < -0.4 is 11.1 Å². The van der Waals surface area contributed by atoms with Crippen LogP contribution in [0.2, 0.25) is 0 Å². The molecular weight excluding hydrogens is 636 g/mol. The Kier molecular flexibility index (Phi) is 9.68. The number of thiazole rings is 1. The van der Waals surface area contributed by atoms with Crippen molar-refractivity contribution in [1.82, 2.24) is 15.2 Å². The van der Waals surface area contributed by atoms with E-state index >= 15 is 0 Å². The number of aliphatic carboxylic acids is 1. The van der Waals surface area contributed by atoms with Gasteiger partial charge in [0.25, 0.3) is 16.9 Å². The number of thioether (sulfide) groups is 1. The maximum Gasteiger partial charge on any atom is 0.369 e. The first kappa shape index (κ1) is 32.6. The number of nitrogen functional groups attached to an aromatic ring is 1. The predicted octanol–water partition coefficient (Wildman–Crippen LogP) is -1.86. The Hall–Kier alpha value is -2.87. The van der Waals surface area contributed by atoms with Gasteiger partial charge in [-0.25, -0.2) is 9.78 Å². The maximum atomic E-state index is 12.9. The Labute approximate surface area is 237 Å². The van der Waals surface area contributed by atoms with Crippen LogP contribution in [-0.4, -0.2) is 105 Å². The molecule has 2 amide bonds. The SMILES string of the molecule is CO/N=C(\C(=O)N[C@@H]1C(=O)N2C(C(=O)O)=C(COC(=O)CCC(O)(P(=O)(O)O)P(=O)(O)O)CS[C@H]12)c1csc(N)n1. The molecule has 0 radical (unpaired) electrons. The van der Waals surface area contributed by atoms with Gasteiger partial charge in [-0.05, 0) is 0 Å². The Morgan fingerprint density at radius 1 is 1.27 bits per heavy atom. The number of carbonyl (C=O) groups is 4. The van der Waals surface area contributed by atoms with Gasteiger partial charge < -0.3 is 50.4 Å². The highest BCUT2D eigenvalue weighted by molar-refractivity contribution is 8.00. The van der Waals surface area contributed by atoms with Crippen LogP contribution in [0, 0.1) is 0 Å². The number of ether oxygens (including phenoxy) is 1. The number of nitrogens with zero attached hydrogens (tertiary/aromatic N) is 3. The van der Waals surface area contributed by atoms with Crippen molar-refractivity contribution in [1.29, 1.82) is 0 Å². The number of oxime groups is 1. The van der Waals surface area contributed by atoms with Gasteiger partial charge >= 0.3 is 27.1 Å². The van der Waals surface area contributed by atoms with E-state index in [-0.39, 0.29) is 27.9 Å². The van der Waals surface area contributed by atoms with Crippen molar-refractivity contribution in [2.45, 2.75) is 29.3 Å². The minimum atomic E-state index is -5.79. The van der Waals surface area contributed by atoms with Crippen molar-refractivity contribution < 1.29 is 67.7 Å². The lowest BCUT2D eigenvalue weighted by molar-refractivity contribution is -0.150. The highest BCUT2D eigenvalue weighted by Gasteiger charge is 2.59. The molecular formula is C18H23N5O14P2S2. The molecule has 1 aromatic rings. The number of carboxylic acids is 1. The number of hydrogen-bond donors (Lipinski definition) is 8. The van der Waals surface area contributed by atoms with Gasteiger partial charge in [0.05, 0.1) is 0 Å². The summed E-state index contributed by atoms with van der Waals surface area (Å²) in [5.74, 6) is -4.58. The molecule has 1 fully saturated rings. The molecule has 2 atom stereocenters. The first-order valence-electron chi connectivity index (χ1n) is 11.0. The van der Waals surface area contributed by atoms with E-state index in [0.29, 0.717) is 0 Å². The lowest BCUT2D eigenvalue weighted by Crippen LogP contribution is -2.71. The Bertz CT molecular complexity index is 1400. The van der Waals surface area contributed by atoms with Gasteiger partial charge in [-0.3, -0.25) is 28.4 Å². The van der Waals surface area contributed by atoms with Crippen LogP contribution in [0.5, 0.6) is 0 Å². The molecule has 0 aliphatic carbocycles. The van der Waals surface area contributed by atoms with E-state index in [9.17, 15) is 38.5 Å². The summed E-state index contributed by atoms with van der Waals surface area (Å²) in [7, 11) is -10.4. The molecule has 0 aromatic carbocycles. The average Bonchev–Trinajstić information content (AvgIpc) is 3.30. The number of fused-ring (bicyclic) bond motifs is 1. The number of aromatic nitrogens is 1. The second kappa shape index (κ2) is 12.2. The zero-order valence-corrected chi connectivity index (χ0v) is 24.1. The second-order valence-corrected chi connectivity index (χ2v) is 14.3. The van der Waals surface area contributed by atoms with E-state index in [1.165, 1.54) is 12.5 Å². The predicted molar refractivity (Wildman–Crippen MR) is 139 cm³/mol. The van der Waals surface area contributed by atoms with Crippen LogP contribution in [0.25, 0.3) is 0 Å². The van der Waals surface area contributed by atoms with E-state index in [2.05, 4.69) is 20.3 Å². The number of carbonyl (C=O) groups excluding carboxylic acids is 3. The van der Waals surface area contributed by atoms with Crippen LogP contribution in [0.3, 0.4) is 0 Å². The molecule has 226 valence electrons. The summed E-state index contributed by atoms with van der Waals surface area (Å²) < 4.78 is 27.7. The molecule has 41 heavy (non-hydrogen) atoms. The van der Waals surface area contributed by atoms with E-state index in [1.54, 1.807) is 0 Å². The number of esters is 1. The molecule has 1 saturated heterocycles. The quantitative estimate of drug-likeness (QED) is 0.0401. The highest BCUT2D eigenvalue weighted by atomic mass is 32.2. The number of hydrogen-bond acceptors (Lipinski definition) is 14. The van der Waals surface area contributed by atoms with Gasteiger partial charge in [0.1, 0.15) is 36.5 Å². The molecule has 1 aromatic heterocycles. The standard InChI is InChI=1S/C18H23N5O14P2S2/c1-36-22-10(8-6-41-17(19)20-8)13(25)21-11-14(26)23-12(16(27)28)7(5-40-15(11)23)4-37-9(24)2-3-18(29,38(30,31)32)39(33,34)35/h6,11,15,29H,2-5H2,1H3,(H2,19,20)(H,21,25)(H,27,28)(H2,30,31,32)(H2,33,34,35)/b22-10-/t11-,15-/m1/s1. The number of amides is 2. The van der Waals surface area contributed by atoms with E-state index < -0.39 is 80.6 Å². The summed E-state index contributed by atoms with van der Waals surface area (Å²) in [5, 5.41) is 22.5. The smallest absolute Gasteiger partial charge is 0.369 e. The Balaban J connectivity index is 1.69. The summed E-state index contributed by atoms with van der Waals surface area (Å²) in [6, 6.07) is -1.16. The first-order valence-corrected chi connectivity index (χ1v) is 16.1. The topological polar surface area (TPSA) is 309 Å². The summed E-state index contributed by atoms with van der Waals surface area (Å²) >= 11 is 2.06. The third-order valence-electron chi connectivity index (χ3n) is 5.70. The summed E-state index contributed by atoms with van der Waals surface area (Å²) in [6.45, 7) is -0.707. The lowest BCUT2D eigenvalue weighted by atomic mass is 10.0. The lowest BCUT2D eigenvalue weighted by Gasteiger charge is -2.49. The molecule has 9 N–H and O–H groups in total. The summed E-state index contributed by atoms with van der Waals surface area (Å²) in [4.78, 5) is 95.8. The fourth-order valence-corrected chi connectivity index (χ4v) is 7.71. The van der Waals surface area contributed by atoms with Crippen LogP contribution in [0.1, 0.15) is 18.5 Å². The second-order valence-electron chi connectivity index (χ2n) is 8.33. The fourth-order valence-electron chi connectivity index (χ4n) is 3.67. The number of carboxylic acid groups (broad SMARTS) is 1. The normalized spacial score (nSPS) is 19.8. The van der Waals surface area contributed by atoms with E-state index in [0.717, 1.165) is 28.0 Å². The molecule has 3 rings (SSSR count). The average molecular weight is 659 g/mol. The van der Waals surface area contributed by atoms with Crippen LogP contribution >= 0.6 is 38.3 Å². The van der Waals surface area contributed by atoms with Gasteiger partial charge in [-0.2, -0.15) is 0 Å². The molecule has 0 unspecified atom stereocenters. The largest absolute Gasteiger partial charge is 0.477 e. The minimum Gasteiger partial charge on any atom is -0.477 e. The maximum absolute atomic E-state index is 12.9. The number of nitrogens with one attached hydrogen (secondary N) is 1. The van der Waals surface area contributed by atoms with Crippen molar-refractivity contribution >= 4 is 72.9 Å². The number of rotatable bonds is 12. The molecule has 0 saturated carbocycles. The Morgan fingerprint density at radius 3 is 2.41 bits per heavy atom. The van der Waals surface area contributed by atoms with E-state index in [1.807, 2.05) is 0 Å². The van der Waals surface area contributed by atoms with Gasteiger partial charge in [0.15, 0.2) is 10.8 Å². The van der Waals surface area contributed by atoms with Crippen LogP contribution in [0.15, 0.2) is 21.8 Å². The minimum absolute atomic E-state index is 0.0509. The highest BCUT2D eigenvalue weighted by Crippen LogP contribution is 2.69. The number of anilines is 1. The van der Waals surface area contributed by atoms with Crippen molar-refractivity contribution in [3.8, 4) is 0 Å². The summed E-state index contributed by atoms with van der Waals surface area (Å²) in [5.41, 5.74) is 4.81. The molecule has 2 aliphatic rings. The van der Waals surface area contributed by atoms with Gasteiger partial charge in [0, 0.05) is 29.5 Å². The van der Waals surface area contributed by atoms with Crippen LogP contribution in [0.4, 0.5) is 5.13 Å². The molecule has 2 aliphatic heterocycles. The van der Waals surface area contributed by atoms with Crippen molar-refractivity contribution in [2.75, 3.05) is 25.2 Å². The van der Waals surface area contributed by atoms with Crippen LogP contribution in [-0.2, 0) is 37.9 Å². The van der Waals surface area contributed by atoms with Gasteiger partial charge in [-0.15, -0.1) is 23.1 Å². The molecule has 19 nitrogen and oxygen atoms in total. The third-order valence-corrected chi connectivity index (χ3v) is 11.6. The zero-order valence-electron chi connectivity index (χ0n) is 20.6. The number of aliphatic hydroxyl groups is 1. The summed E-state index contributed by atoms with van der Waals surface area (Å²) in [6.07, 6.45) is -2.42. The zero-order chi connectivity index (χ0) is 30.9. The Morgan fingerprint density at radius 2 is 1.90 bits per heavy atom. The monoisotopic (exact) mass is 659 g/mol. The number of β-lactam (4-membered cyclic amide) rings is 1. The van der Waals surface area contributed by atoms with Gasteiger partial charge in [-0.1, -0.05) is 5.16 Å². The molecule has 0 bridgehead atoms. The van der Waals surface area contributed by atoms with E-state index in [4.69, 9.17) is 30.0 Å². The van der Waals surface area contributed by atoms with Gasteiger partial charge in [0.2, 0.25) is 0 Å². The fraction of sp³-hybridized carbons (Fsp3) is 0.444. The first-order chi connectivity index (χ1) is 18.9. The molecule has 23 heteroatoms. The molecule has 0 spiro atoms. The van der Waals surface area contributed by atoms with Crippen molar-refractivity contribution in [3.63, 3.8) is 0 Å².